The summed E-state index contributed by atoms with van der Waals surface area (Å²) >= 11 is 0. The molecule has 0 saturated carbocycles. The molecular formula is C29H20N2O7S. The number of amidine groups is 1. The number of hydrogen-bond donors (Lipinski definition) is 2. The highest BCUT2D eigenvalue weighted by Gasteiger charge is 2.35. The first kappa shape index (κ1) is 25.6. The van der Waals surface area contributed by atoms with E-state index in [1.54, 1.807) is 66.7 Å². The Morgan fingerprint density at radius 3 is 2.18 bits per heavy atom. The van der Waals surface area contributed by atoms with Crippen LogP contribution in [-0.2, 0) is 14.9 Å². The maximum Gasteiger partial charge on any atom is 0.337 e. The summed E-state index contributed by atoms with van der Waals surface area (Å²) in [6, 6.07) is 27.6. The standard InChI is InChI=1S/C29H20N2O7S/c32-28-25(17-19-8-7-13-22(16-19)38-21-11-5-2-6-12-21)30-27(20-9-3-1-4-10-20)31(28)26-18-23(39(35,36)37)14-15-24(26)29(33)34/h1-18H,(H,33,34)(H,35,36,37). The molecule has 10 heteroatoms. The van der Waals surface area contributed by atoms with E-state index in [-0.39, 0.29) is 22.8 Å². The average molecular weight is 541 g/mol. The molecule has 2 N–H and O–H groups in total. The van der Waals surface area contributed by atoms with Gasteiger partial charge < -0.3 is 9.84 Å². The first-order valence-corrected chi connectivity index (χ1v) is 13.0. The van der Waals surface area contributed by atoms with Crippen LogP contribution in [0.2, 0.25) is 0 Å². The number of amides is 1. The number of nitrogens with zero attached hydrogens (tertiary/aromatic N) is 2. The van der Waals surface area contributed by atoms with Gasteiger partial charge in [0.15, 0.2) is 0 Å². The van der Waals surface area contributed by atoms with Crippen LogP contribution in [0.15, 0.2) is 119 Å². The lowest BCUT2D eigenvalue weighted by atomic mass is 10.1. The smallest absolute Gasteiger partial charge is 0.337 e. The first-order chi connectivity index (χ1) is 18.7. The number of rotatable bonds is 7. The Morgan fingerprint density at radius 1 is 0.846 bits per heavy atom. The minimum absolute atomic E-state index is 0.0145. The van der Waals surface area contributed by atoms with Crippen LogP contribution < -0.4 is 9.64 Å². The minimum atomic E-state index is -4.69. The van der Waals surface area contributed by atoms with Gasteiger partial charge in [-0.25, -0.2) is 9.79 Å². The van der Waals surface area contributed by atoms with Crippen molar-refractivity contribution in [3.05, 3.63) is 126 Å². The first-order valence-electron chi connectivity index (χ1n) is 11.6. The number of carbonyl (C=O) groups excluding carboxylic acids is 1. The fourth-order valence-electron chi connectivity index (χ4n) is 4.01. The SMILES string of the molecule is O=C(O)c1ccc(S(=O)(=O)O)cc1N1C(=O)C(=Cc2cccc(Oc3ccccc3)c2)N=C1c1ccccc1. The van der Waals surface area contributed by atoms with E-state index in [4.69, 9.17) is 4.74 Å². The molecule has 4 aromatic carbocycles. The van der Waals surface area contributed by atoms with Gasteiger partial charge in [-0.15, -0.1) is 0 Å². The van der Waals surface area contributed by atoms with Gasteiger partial charge in [-0.1, -0.05) is 60.7 Å². The van der Waals surface area contributed by atoms with Crippen molar-refractivity contribution in [3.8, 4) is 11.5 Å². The molecular weight excluding hydrogens is 520 g/mol. The van der Waals surface area contributed by atoms with Gasteiger partial charge in [0.05, 0.1) is 16.1 Å². The predicted octanol–water partition coefficient (Wildman–Crippen LogP) is 5.26. The molecule has 39 heavy (non-hydrogen) atoms. The van der Waals surface area contributed by atoms with Crippen molar-refractivity contribution in [1.82, 2.24) is 0 Å². The molecule has 0 bridgehead atoms. The quantitative estimate of drug-likeness (QED) is 0.241. The number of carboxylic acid groups (broad SMARTS) is 1. The molecule has 1 amide bonds. The van der Waals surface area contributed by atoms with Crippen molar-refractivity contribution in [2.24, 2.45) is 4.99 Å². The summed E-state index contributed by atoms with van der Waals surface area (Å²) in [5, 5.41) is 9.80. The van der Waals surface area contributed by atoms with Crippen LogP contribution in [-0.4, -0.2) is 35.8 Å². The molecule has 5 rings (SSSR count). The molecule has 1 heterocycles. The van der Waals surface area contributed by atoms with Crippen LogP contribution in [0.1, 0.15) is 21.5 Å². The van der Waals surface area contributed by atoms with Gasteiger partial charge >= 0.3 is 5.97 Å². The zero-order chi connectivity index (χ0) is 27.6. The summed E-state index contributed by atoms with van der Waals surface area (Å²) in [5.41, 5.74) is 0.465. The molecule has 1 aliphatic heterocycles. The summed E-state index contributed by atoms with van der Waals surface area (Å²) in [6.07, 6.45) is 1.52. The molecule has 0 fully saturated rings. The molecule has 0 aliphatic carbocycles. The summed E-state index contributed by atoms with van der Waals surface area (Å²) in [6.45, 7) is 0. The van der Waals surface area contributed by atoms with Gasteiger partial charge in [0.25, 0.3) is 16.0 Å². The number of ether oxygens (including phenoxy) is 1. The number of hydrogen-bond acceptors (Lipinski definition) is 6. The van der Waals surface area contributed by atoms with Gasteiger partial charge in [0.2, 0.25) is 0 Å². The molecule has 0 saturated heterocycles. The lowest BCUT2D eigenvalue weighted by Crippen LogP contribution is -2.34. The normalized spacial score (nSPS) is 14.4. The van der Waals surface area contributed by atoms with Crippen LogP contribution in [0.3, 0.4) is 0 Å². The van der Waals surface area contributed by atoms with E-state index in [0.717, 1.165) is 23.1 Å². The number of anilines is 1. The second-order valence-corrected chi connectivity index (χ2v) is 9.84. The highest BCUT2D eigenvalue weighted by molar-refractivity contribution is 7.85. The van der Waals surface area contributed by atoms with Crippen LogP contribution >= 0.6 is 0 Å². The van der Waals surface area contributed by atoms with Gasteiger partial charge in [-0.05, 0) is 54.1 Å². The zero-order valence-electron chi connectivity index (χ0n) is 20.1. The molecule has 4 aromatic rings. The second kappa shape index (κ2) is 10.4. The molecule has 0 atom stereocenters. The van der Waals surface area contributed by atoms with Crippen LogP contribution in [0, 0.1) is 0 Å². The number of carboxylic acids is 1. The fraction of sp³-hybridized carbons (Fsp3) is 0. The summed E-state index contributed by atoms with van der Waals surface area (Å²) in [7, 11) is -4.69. The Hall–Kier alpha value is -5.06. The molecule has 1 aliphatic rings. The number of carbonyl (C=O) groups is 2. The molecule has 0 unspecified atom stereocenters. The Kier molecular flexibility index (Phi) is 6.80. The van der Waals surface area contributed by atoms with E-state index in [1.807, 2.05) is 18.2 Å². The lowest BCUT2D eigenvalue weighted by Gasteiger charge is -2.21. The molecule has 0 radical (unpaired) electrons. The second-order valence-electron chi connectivity index (χ2n) is 8.42. The number of para-hydroxylation sites is 1. The van der Waals surface area contributed by atoms with Crippen molar-refractivity contribution in [2.75, 3.05) is 4.90 Å². The highest BCUT2D eigenvalue weighted by Crippen LogP contribution is 2.33. The summed E-state index contributed by atoms with van der Waals surface area (Å²) in [5.74, 6) is -0.819. The monoisotopic (exact) mass is 540 g/mol. The minimum Gasteiger partial charge on any atom is -0.478 e. The number of aliphatic imine (C=N–C) groups is 1. The maximum absolute atomic E-state index is 13.7. The Bertz CT molecular complexity index is 1750. The highest BCUT2D eigenvalue weighted by atomic mass is 32.2. The number of aromatic carboxylic acids is 1. The van der Waals surface area contributed by atoms with E-state index in [9.17, 15) is 27.7 Å². The summed E-state index contributed by atoms with van der Waals surface area (Å²) in [4.78, 5) is 30.7. The third-order valence-electron chi connectivity index (χ3n) is 5.77. The number of benzene rings is 4. The van der Waals surface area contributed by atoms with Crippen molar-refractivity contribution >= 4 is 39.6 Å². The van der Waals surface area contributed by atoms with E-state index >= 15 is 0 Å². The molecule has 9 nitrogen and oxygen atoms in total. The third kappa shape index (κ3) is 5.47. The molecule has 0 spiro atoms. The maximum atomic E-state index is 13.7. The Balaban J connectivity index is 1.61. The van der Waals surface area contributed by atoms with Crippen molar-refractivity contribution in [1.29, 1.82) is 0 Å². The fourth-order valence-corrected chi connectivity index (χ4v) is 4.51. The van der Waals surface area contributed by atoms with Gasteiger partial charge in [0, 0.05) is 5.56 Å². The van der Waals surface area contributed by atoms with Gasteiger partial charge in [-0.2, -0.15) is 8.42 Å². The molecule has 0 aromatic heterocycles. The van der Waals surface area contributed by atoms with Crippen molar-refractivity contribution < 1.29 is 32.4 Å². The average Bonchev–Trinajstić information content (AvgIpc) is 3.24. The summed E-state index contributed by atoms with van der Waals surface area (Å²) < 4.78 is 39.1. The van der Waals surface area contributed by atoms with Crippen LogP contribution in [0.5, 0.6) is 11.5 Å². The third-order valence-corrected chi connectivity index (χ3v) is 6.62. The topological polar surface area (TPSA) is 134 Å². The van der Waals surface area contributed by atoms with E-state index in [1.165, 1.54) is 6.08 Å². The Labute approximate surface area is 223 Å². The van der Waals surface area contributed by atoms with E-state index in [0.29, 0.717) is 22.6 Å². The van der Waals surface area contributed by atoms with Crippen molar-refractivity contribution in [3.63, 3.8) is 0 Å². The van der Waals surface area contributed by atoms with E-state index in [2.05, 4.69) is 4.99 Å². The zero-order valence-corrected chi connectivity index (χ0v) is 20.9. The van der Waals surface area contributed by atoms with E-state index < -0.39 is 26.9 Å². The lowest BCUT2D eigenvalue weighted by molar-refractivity contribution is -0.113. The van der Waals surface area contributed by atoms with Crippen molar-refractivity contribution in [2.45, 2.75) is 4.90 Å². The predicted molar refractivity (Wildman–Crippen MR) is 145 cm³/mol. The van der Waals surface area contributed by atoms with Gasteiger partial charge in [0.1, 0.15) is 23.0 Å². The van der Waals surface area contributed by atoms with Crippen LogP contribution in [0.4, 0.5) is 5.69 Å². The largest absolute Gasteiger partial charge is 0.478 e. The Morgan fingerprint density at radius 2 is 1.51 bits per heavy atom. The van der Waals surface area contributed by atoms with Crippen LogP contribution in [0.25, 0.3) is 6.08 Å². The molecule has 194 valence electrons. The van der Waals surface area contributed by atoms with Gasteiger partial charge in [-0.3, -0.25) is 14.2 Å².